The number of hydrogen-bond acceptors (Lipinski definition) is 10. The van der Waals surface area contributed by atoms with E-state index in [1.807, 2.05) is 36.4 Å². The van der Waals surface area contributed by atoms with Crippen LogP contribution in [-0.2, 0) is 20.2 Å². The predicted octanol–water partition coefficient (Wildman–Crippen LogP) is 5.80. The van der Waals surface area contributed by atoms with E-state index in [2.05, 4.69) is 9.97 Å². The lowest BCUT2D eigenvalue weighted by Crippen LogP contribution is -2.14. The minimum Gasteiger partial charge on any atom is -0.744 e. The molecule has 0 unspecified atom stereocenters. The second kappa shape index (κ2) is 9.80. The lowest BCUT2D eigenvalue weighted by atomic mass is 9.86. The SMILES string of the molecule is O=c1c2ccc3c4ccc5c(=O)n6c7ccc(S(=O)(=O)[O-])cc7nc6c6ccc(c7ccc(c2c37)c2nc3cc(S(=O)(=O)[O-])ccc3n12)c4c56.[NH4+].[NH4+]. The fourth-order valence-corrected chi connectivity index (χ4v) is 9.04. The van der Waals surface area contributed by atoms with Crippen molar-refractivity contribution >= 4 is 118 Å². The average Bonchev–Trinajstić information content (AvgIpc) is 3.67. The van der Waals surface area contributed by atoms with Crippen LogP contribution in [0.15, 0.2) is 104 Å². The van der Waals surface area contributed by atoms with Gasteiger partial charge < -0.3 is 21.4 Å². The molecule has 256 valence electrons. The highest BCUT2D eigenvalue weighted by atomic mass is 32.2. The van der Waals surface area contributed by atoms with Crippen LogP contribution in [0.1, 0.15) is 0 Å². The Morgan fingerprint density at radius 3 is 1.10 bits per heavy atom. The van der Waals surface area contributed by atoms with Crippen LogP contribution in [-0.4, -0.2) is 44.7 Å². The van der Waals surface area contributed by atoms with Gasteiger partial charge in [-0.15, -0.1) is 0 Å². The molecule has 0 amide bonds. The molecule has 11 aromatic rings. The van der Waals surface area contributed by atoms with Crippen molar-refractivity contribution in [3.8, 4) is 0 Å². The summed E-state index contributed by atoms with van der Waals surface area (Å²) < 4.78 is 73.2. The van der Waals surface area contributed by atoms with Crippen molar-refractivity contribution in [3.05, 3.63) is 106 Å². The number of rotatable bonds is 2. The second-order valence-electron chi connectivity index (χ2n) is 12.5. The highest BCUT2D eigenvalue weighted by Crippen LogP contribution is 2.45. The molecule has 0 radical (unpaired) electrons. The fraction of sp³-hybridized carbons (Fsp3) is 0. The summed E-state index contributed by atoms with van der Waals surface area (Å²) in [7, 11) is -9.48. The zero-order valence-electron chi connectivity index (χ0n) is 27.0. The minimum atomic E-state index is -4.74. The first-order valence-corrected chi connectivity index (χ1v) is 18.0. The van der Waals surface area contributed by atoms with E-state index in [4.69, 9.17) is 0 Å². The number of hydrogen-bond donors (Lipinski definition) is 2. The van der Waals surface area contributed by atoms with Crippen molar-refractivity contribution in [3.63, 3.8) is 0 Å². The molecule has 0 aliphatic heterocycles. The van der Waals surface area contributed by atoms with Crippen LogP contribution >= 0.6 is 0 Å². The van der Waals surface area contributed by atoms with Gasteiger partial charge in [0.15, 0.2) is 0 Å². The number of benzene rings is 7. The molecule has 0 saturated heterocycles. The first kappa shape index (κ1) is 31.8. The molecule has 0 bridgehead atoms. The van der Waals surface area contributed by atoms with Gasteiger partial charge in [-0.25, -0.2) is 26.8 Å². The monoisotopic (exact) mass is 730 g/mol. The Morgan fingerprint density at radius 2 is 0.750 bits per heavy atom. The number of nitrogens with zero attached hydrogens (tertiary/aromatic N) is 4. The summed E-state index contributed by atoms with van der Waals surface area (Å²) in [6.07, 6.45) is 0. The van der Waals surface area contributed by atoms with Gasteiger partial charge in [-0.3, -0.25) is 18.4 Å². The van der Waals surface area contributed by atoms with E-state index in [-0.39, 0.29) is 34.5 Å². The van der Waals surface area contributed by atoms with Gasteiger partial charge in [0, 0.05) is 32.3 Å². The summed E-state index contributed by atoms with van der Waals surface area (Å²) in [5.41, 5.74) is 1.13. The summed E-state index contributed by atoms with van der Waals surface area (Å²) in [5, 5.41) is 8.58. The summed E-state index contributed by atoms with van der Waals surface area (Å²) in [6, 6.07) is 22.4. The first-order valence-electron chi connectivity index (χ1n) is 15.2. The number of imidazole rings is 2. The van der Waals surface area contributed by atoms with Crippen molar-refractivity contribution in [2.75, 3.05) is 0 Å². The Bertz CT molecular complexity index is 3500. The summed E-state index contributed by atoms with van der Waals surface area (Å²) in [4.78, 5) is 36.6. The lowest BCUT2D eigenvalue weighted by molar-refractivity contribution is 0.461. The molecule has 4 aromatic heterocycles. The van der Waals surface area contributed by atoms with Crippen molar-refractivity contribution in [2.45, 2.75) is 9.79 Å². The summed E-state index contributed by atoms with van der Waals surface area (Å²) in [5.74, 6) is 0. The second-order valence-corrected chi connectivity index (χ2v) is 15.3. The van der Waals surface area contributed by atoms with E-state index < -0.39 is 30.0 Å². The summed E-state index contributed by atoms with van der Waals surface area (Å²) in [6.45, 7) is 0. The number of fused-ring (bicyclic) bond motifs is 10. The van der Waals surface area contributed by atoms with Crippen molar-refractivity contribution in [1.29, 1.82) is 0 Å². The van der Waals surface area contributed by atoms with Gasteiger partial charge in [-0.2, -0.15) is 0 Å². The lowest BCUT2D eigenvalue weighted by Gasteiger charge is -2.18. The van der Waals surface area contributed by atoms with Crippen LogP contribution in [0.25, 0.3) is 98.0 Å². The van der Waals surface area contributed by atoms with E-state index in [1.165, 1.54) is 45.2 Å². The number of pyridine rings is 2. The Hall–Kier alpha value is -6.14. The molecule has 0 aliphatic rings. The molecule has 8 N–H and O–H groups in total. The smallest absolute Gasteiger partial charge is 0.264 e. The Morgan fingerprint density at radius 1 is 0.442 bits per heavy atom. The maximum Gasteiger partial charge on any atom is 0.264 e. The van der Waals surface area contributed by atoms with Gasteiger partial charge >= 0.3 is 0 Å². The van der Waals surface area contributed by atoms with Crippen LogP contribution in [0.3, 0.4) is 0 Å². The normalized spacial score (nSPS) is 13.0. The van der Waals surface area contributed by atoms with Gasteiger partial charge in [0.2, 0.25) is 0 Å². The third-order valence-corrected chi connectivity index (χ3v) is 11.7. The first-order chi connectivity index (χ1) is 23.9. The van der Waals surface area contributed by atoms with Crippen LogP contribution in [0.2, 0.25) is 0 Å². The number of quaternary nitrogens is 2. The van der Waals surface area contributed by atoms with E-state index in [9.17, 15) is 35.5 Å². The number of aromatic nitrogens is 4. The van der Waals surface area contributed by atoms with Gasteiger partial charge in [0.1, 0.15) is 31.5 Å². The van der Waals surface area contributed by atoms with E-state index in [0.29, 0.717) is 54.6 Å². The maximum absolute atomic E-state index is 14.1. The fourth-order valence-electron chi connectivity index (χ4n) is 8.06. The quantitative estimate of drug-likeness (QED) is 0.123. The molecule has 11 rings (SSSR count). The van der Waals surface area contributed by atoms with E-state index in [0.717, 1.165) is 32.3 Å². The molecule has 4 heterocycles. The molecular weight excluding hydrogens is 709 g/mol. The molecule has 0 aliphatic carbocycles. The molecular formula is C36H22N6O8S2. The summed E-state index contributed by atoms with van der Waals surface area (Å²) >= 11 is 0. The van der Waals surface area contributed by atoms with Gasteiger partial charge in [0.05, 0.1) is 31.9 Å². The molecule has 0 saturated carbocycles. The molecule has 52 heavy (non-hydrogen) atoms. The highest BCUT2D eigenvalue weighted by molar-refractivity contribution is 7.86. The van der Waals surface area contributed by atoms with E-state index >= 15 is 0 Å². The van der Waals surface area contributed by atoms with Crippen molar-refractivity contribution < 1.29 is 25.9 Å². The maximum atomic E-state index is 14.1. The topological polar surface area (TPSA) is 256 Å². The molecule has 0 fully saturated rings. The molecule has 16 heteroatoms. The largest absolute Gasteiger partial charge is 0.744 e. The van der Waals surface area contributed by atoms with Crippen LogP contribution in [0.5, 0.6) is 0 Å². The van der Waals surface area contributed by atoms with Gasteiger partial charge in [-0.1, -0.05) is 24.3 Å². The molecule has 7 aromatic carbocycles. The molecule has 0 spiro atoms. The third-order valence-electron chi connectivity index (χ3n) is 10.1. The van der Waals surface area contributed by atoms with Crippen LogP contribution in [0, 0.1) is 0 Å². The third kappa shape index (κ3) is 3.69. The molecule has 14 nitrogen and oxygen atoms in total. The van der Waals surface area contributed by atoms with Crippen molar-refractivity contribution in [1.82, 2.24) is 31.1 Å². The predicted molar refractivity (Wildman–Crippen MR) is 198 cm³/mol. The van der Waals surface area contributed by atoms with Gasteiger partial charge in [-0.05, 0) is 93.0 Å². The van der Waals surface area contributed by atoms with E-state index in [1.54, 1.807) is 12.1 Å². The van der Waals surface area contributed by atoms with Gasteiger partial charge in [0.25, 0.3) is 11.1 Å². The molecule has 0 atom stereocenters. The Balaban J connectivity index is 0.00000180. The van der Waals surface area contributed by atoms with Crippen molar-refractivity contribution in [2.24, 2.45) is 0 Å². The average molecular weight is 731 g/mol. The van der Waals surface area contributed by atoms with Crippen LogP contribution in [0.4, 0.5) is 0 Å². The minimum absolute atomic E-state index is 0. The standard InChI is InChI=1S/C36H16N4O8S2.2H3N/c41-35-23-9-5-19-20-6-10-24-32-22(34-38-26-14-16(50(46,47)48)2-12-28(26)40(34)36(24)42)8-4-18(30(20)32)17-3-7-21(31(23)29(17)19)33-37-25-13-15(49(43,44)45)1-11-27(25)39(33)35;;/h1-14H,(H,43,44,45)(H,46,47,48);2*1H3. The zero-order chi connectivity index (χ0) is 34.2. The Kier molecular flexibility index (Phi) is 5.99. The Labute approximate surface area is 289 Å². The highest BCUT2D eigenvalue weighted by Gasteiger charge is 2.24. The zero-order valence-corrected chi connectivity index (χ0v) is 28.6. The van der Waals surface area contributed by atoms with Crippen LogP contribution < -0.4 is 23.4 Å².